The van der Waals surface area contributed by atoms with E-state index in [0.717, 1.165) is 30.4 Å². The van der Waals surface area contributed by atoms with E-state index in [1.165, 1.54) is 35.6 Å². The molecule has 0 fully saturated rings. The Hall–Kier alpha value is -2.72. The third-order valence-electron chi connectivity index (χ3n) is 4.84. The molecule has 3 rings (SSSR count). The molecule has 0 bridgehead atoms. The summed E-state index contributed by atoms with van der Waals surface area (Å²) < 4.78 is 29.0. The molecule has 1 aromatic heterocycles. The van der Waals surface area contributed by atoms with Gasteiger partial charge in [0.2, 0.25) is 0 Å². The van der Waals surface area contributed by atoms with E-state index in [2.05, 4.69) is 15.4 Å². The number of anilines is 1. The number of imide groups is 1. The highest BCUT2D eigenvalue weighted by atomic mass is 32.2. The lowest BCUT2D eigenvalue weighted by Crippen LogP contribution is -2.31. The first-order valence-electron chi connectivity index (χ1n) is 9.34. The number of sulfone groups is 1. The van der Waals surface area contributed by atoms with Crippen LogP contribution in [0, 0.1) is 0 Å². The zero-order valence-corrected chi connectivity index (χ0v) is 18.4. The quantitative estimate of drug-likeness (QED) is 0.722. The van der Waals surface area contributed by atoms with E-state index >= 15 is 0 Å². The van der Waals surface area contributed by atoms with Crippen molar-refractivity contribution in [3.8, 4) is 0 Å². The number of benzene rings is 1. The lowest BCUT2D eigenvalue weighted by molar-refractivity contribution is 0.0937. The van der Waals surface area contributed by atoms with Gasteiger partial charge in [-0.25, -0.2) is 13.2 Å². The Balaban J connectivity index is 1.85. The number of aryl methyl sites for hydroxylation is 1. The number of hydrogen-bond acceptors (Lipinski definition) is 7. The normalized spacial score (nSPS) is 13.1. The van der Waals surface area contributed by atoms with Crippen molar-refractivity contribution in [2.45, 2.75) is 43.3 Å². The van der Waals surface area contributed by atoms with Gasteiger partial charge >= 0.3 is 6.09 Å². The molecule has 1 heterocycles. The Morgan fingerprint density at radius 3 is 2.33 bits per heavy atom. The van der Waals surface area contributed by atoms with Crippen LogP contribution >= 0.6 is 11.3 Å². The average Bonchev–Trinajstić information content (AvgIpc) is 3.28. The van der Waals surface area contributed by atoms with Gasteiger partial charge in [-0.2, -0.15) is 0 Å². The van der Waals surface area contributed by atoms with E-state index in [-0.39, 0.29) is 16.0 Å². The molecule has 0 saturated heterocycles. The number of methoxy groups -OCH3 is 1. The molecule has 3 amide bonds. The van der Waals surface area contributed by atoms with Crippen molar-refractivity contribution in [1.29, 1.82) is 0 Å². The standard InChI is InChI=1S/C20H22N2O6S2/c1-11(2)30(26,27)13-9-7-12(8-10-13)17(23)21-19-16(18(24)22-20(25)28-3)14-5-4-6-15(14)29-19/h7-11H,4-6H2,1-3H3,(H,21,23)(H,22,24,25). The van der Waals surface area contributed by atoms with E-state index in [1.807, 2.05) is 0 Å². The maximum absolute atomic E-state index is 12.7. The van der Waals surface area contributed by atoms with Gasteiger partial charge in [0.1, 0.15) is 5.00 Å². The summed E-state index contributed by atoms with van der Waals surface area (Å²) in [4.78, 5) is 37.9. The molecule has 2 N–H and O–H groups in total. The van der Waals surface area contributed by atoms with Crippen molar-refractivity contribution in [2.75, 3.05) is 12.4 Å². The van der Waals surface area contributed by atoms with Gasteiger partial charge in [-0.05, 0) is 62.9 Å². The second-order valence-electron chi connectivity index (χ2n) is 7.08. The van der Waals surface area contributed by atoms with Gasteiger partial charge in [0.15, 0.2) is 9.84 Å². The number of ether oxygens (including phenoxy) is 1. The molecule has 0 unspecified atom stereocenters. The summed E-state index contributed by atoms with van der Waals surface area (Å²) in [5, 5.41) is 4.65. The highest BCUT2D eigenvalue weighted by Gasteiger charge is 2.29. The Bertz CT molecular complexity index is 1100. The predicted molar refractivity (Wildman–Crippen MR) is 113 cm³/mol. The van der Waals surface area contributed by atoms with E-state index in [9.17, 15) is 22.8 Å². The summed E-state index contributed by atoms with van der Waals surface area (Å²) >= 11 is 1.31. The minimum Gasteiger partial charge on any atom is -0.453 e. The summed E-state index contributed by atoms with van der Waals surface area (Å²) in [6.07, 6.45) is 1.51. The zero-order valence-electron chi connectivity index (χ0n) is 16.8. The number of carbonyl (C=O) groups excluding carboxylic acids is 3. The molecule has 0 saturated carbocycles. The van der Waals surface area contributed by atoms with Gasteiger partial charge in [0.05, 0.1) is 22.8 Å². The maximum Gasteiger partial charge on any atom is 0.413 e. The number of thiophene rings is 1. The predicted octanol–water partition coefficient (Wildman–Crippen LogP) is 3.17. The third kappa shape index (κ3) is 4.24. The van der Waals surface area contributed by atoms with E-state index in [1.54, 1.807) is 13.8 Å². The third-order valence-corrected chi connectivity index (χ3v) is 8.22. The van der Waals surface area contributed by atoms with Crippen molar-refractivity contribution in [3.63, 3.8) is 0 Å². The van der Waals surface area contributed by atoms with Gasteiger partial charge in [0.25, 0.3) is 11.8 Å². The number of amides is 3. The number of rotatable bonds is 5. The Labute approximate surface area is 178 Å². The highest BCUT2D eigenvalue weighted by Crippen LogP contribution is 2.39. The van der Waals surface area contributed by atoms with E-state index in [0.29, 0.717) is 11.4 Å². The van der Waals surface area contributed by atoms with Gasteiger partial charge < -0.3 is 10.1 Å². The van der Waals surface area contributed by atoms with Gasteiger partial charge in [-0.3, -0.25) is 14.9 Å². The van der Waals surface area contributed by atoms with Gasteiger partial charge in [0, 0.05) is 10.4 Å². The molecule has 160 valence electrons. The van der Waals surface area contributed by atoms with Crippen molar-refractivity contribution in [2.24, 2.45) is 0 Å². The van der Waals surface area contributed by atoms with Crippen LogP contribution in [0.25, 0.3) is 0 Å². The Morgan fingerprint density at radius 2 is 1.73 bits per heavy atom. The smallest absolute Gasteiger partial charge is 0.413 e. The zero-order chi connectivity index (χ0) is 22.1. The minimum atomic E-state index is -3.43. The van der Waals surface area contributed by atoms with E-state index in [4.69, 9.17) is 0 Å². The van der Waals surface area contributed by atoms with Crippen molar-refractivity contribution < 1.29 is 27.5 Å². The largest absolute Gasteiger partial charge is 0.453 e. The molecule has 1 aliphatic carbocycles. The van der Waals surface area contributed by atoms with Crippen LogP contribution in [-0.4, -0.2) is 38.7 Å². The highest BCUT2D eigenvalue weighted by molar-refractivity contribution is 7.92. The fourth-order valence-corrected chi connectivity index (χ4v) is 5.52. The molecular formula is C20H22N2O6S2. The number of hydrogen-bond donors (Lipinski definition) is 2. The van der Waals surface area contributed by atoms with Crippen molar-refractivity contribution >= 4 is 44.1 Å². The summed E-state index contributed by atoms with van der Waals surface area (Å²) in [5.74, 6) is -1.11. The van der Waals surface area contributed by atoms with Crippen molar-refractivity contribution in [3.05, 3.63) is 45.8 Å². The number of alkyl carbamates (subject to hydrolysis) is 1. The lowest BCUT2D eigenvalue weighted by atomic mass is 10.1. The van der Waals surface area contributed by atoms with Gasteiger partial charge in [-0.15, -0.1) is 11.3 Å². The molecule has 1 aliphatic rings. The van der Waals surface area contributed by atoms with E-state index < -0.39 is 33.0 Å². The minimum absolute atomic E-state index is 0.141. The molecule has 8 nitrogen and oxygen atoms in total. The number of nitrogens with one attached hydrogen (secondary N) is 2. The molecule has 1 aromatic carbocycles. The monoisotopic (exact) mass is 450 g/mol. The van der Waals surface area contributed by atoms with Crippen LogP contribution in [0.1, 0.15) is 51.4 Å². The maximum atomic E-state index is 12.7. The fraction of sp³-hybridized carbons (Fsp3) is 0.350. The first kappa shape index (κ1) is 22.0. The molecule has 0 atom stereocenters. The second-order valence-corrected chi connectivity index (χ2v) is 10.7. The van der Waals surface area contributed by atoms with Crippen LogP contribution in [0.3, 0.4) is 0 Å². The average molecular weight is 451 g/mol. The Morgan fingerprint density at radius 1 is 1.07 bits per heavy atom. The molecule has 10 heteroatoms. The number of carbonyl (C=O) groups is 3. The second kappa shape index (κ2) is 8.57. The van der Waals surface area contributed by atoms with Gasteiger partial charge in [-0.1, -0.05) is 0 Å². The van der Waals surface area contributed by atoms with Crippen LogP contribution in [0.4, 0.5) is 9.80 Å². The SMILES string of the molecule is COC(=O)NC(=O)c1c(NC(=O)c2ccc(S(=O)(=O)C(C)C)cc2)sc2c1CCC2. The van der Waals surface area contributed by atoms with Crippen LogP contribution < -0.4 is 10.6 Å². The molecule has 0 spiro atoms. The first-order chi connectivity index (χ1) is 14.1. The van der Waals surface area contributed by atoms with Crippen molar-refractivity contribution in [1.82, 2.24) is 5.32 Å². The summed E-state index contributed by atoms with van der Waals surface area (Å²) in [5.41, 5.74) is 1.35. The topological polar surface area (TPSA) is 119 Å². The molecule has 30 heavy (non-hydrogen) atoms. The molecular weight excluding hydrogens is 428 g/mol. The van der Waals surface area contributed by atoms with Crippen LogP contribution in [0.2, 0.25) is 0 Å². The van der Waals surface area contributed by atoms with Crippen LogP contribution in [0.5, 0.6) is 0 Å². The first-order valence-corrected chi connectivity index (χ1v) is 11.7. The fourth-order valence-electron chi connectivity index (χ4n) is 3.18. The van der Waals surface area contributed by atoms with Crippen LogP contribution in [0.15, 0.2) is 29.2 Å². The molecule has 0 aliphatic heterocycles. The lowest BCUT2D eigenvalue weighted by Gasteiger charge is -2.10. The summed E-state index contributed by atoms with van der Waals surface area (Å²) in [6.45, 7) is 3.18. The molecule has 0 radical (unpaired) electrons. The summed E-state index contributed by atoms with van der Waals surface area (Å²) in [6, 6.07) is 5.65. The molecule has 2 aromatic rings. The summed E-state index contributed by atoms with van der Waals surface area (Å²) in [7, 11) is -2.28. The Kier molecular flexibility index (Phi) is 6.27. The number of fused-ring (bicyclic) bond motifs is 1. The van der Waals surface area contributed by atoms with Crippen LogP contribution in [-0.2, 0) is 27.4 Å².